The van der Waals surface area contributed by atoms with E-state index >= 15 is 0 Å². The first-order chi connectivity index (χ1) is 14.1. The second-order valence-electron chi connectivity index (χ2n) is 8.27. The van der Waals surface area contributed by atoms with E-state index in [1.807, 2.05) is 18.2 Å². The Labute approximate surface area is 172 Å². The van der Waals surface area contributed by atoms with Crippen LogP contribution in [0.4, 0.5) is 4.39 Å². The van der Waals surface area contributed by atoms with Crippen LogP contribution in [-0.4, -0.2) is 42.6 Å². The number of methoxy groups -OCH3 is 1. The molecule has 1 atom stereocenters. The highest BCUT2D eigenvalue weighted by atomic mass is 19.1. The van der Waals surface area contributed by atoms with Crippen LogP contribution in [0.3, 0.4) is 0 Å². The zero-order chi connectivity index (χ0) is 20.4. The largest absolute Gasteiger partial charge is 0.383 e. The highest BCUT2D eigenvalue weighted by molar-refractivity contribution is 5.96. The van der Waals surface area contributed by atoms with Crippen LogP contribution in [0.25, 0.3) is 0 Å². The number of nitrogens with one attached hydrogen (secondary N) is 1. The van der Waals surface area contributed by atoms with Crippen molar-refractivity contribution in [1.82, 2.24) is 10.2 Å². The van der Waals surface area contributed by atoms with Crippen molar-refractivity contribution in [1.29, 1.82) is 0 Å². The van der Waals surface area contributed by atoms with Crippen LogP contribution in [0.15, 0.2) is 48.5 Å². The molecule has 2 fully saturated rings. The Kier molecular flexibility index (Phi) is 5.70. The van der Waals surface area contributed by atoms with E-state index in [4.69, 9.17) is 4.74 Å². The van der Waals surface area contributed by atoms with Crippen LogP contribution in [0.2, 0.25) is 0 Å². The number of hydrogen-bond donors (Lipinski definition) is 1. The number of aryl methyl sites for hydroxylation is 1. The molecule has 0 saturated carbocycles. The van der Waals surface area contributed by atoms with Crippen LogP contribution in [0.1, 0.15) is 53.2 Å². The molecule has 0 aliphatic carbocycles. The number of benzene rings is 2. The van der Waals surface area contributed by atoms with Gasteiger partial charge < -0.3 is 10.1 Å². The van der Waals surface area contributed by atoms with E-state index in [-0.39, 0.29) is 23.1 Å². The molecule has 0 radical (unpaired) electrons. The number of nitrogens with zero attached hydrogens (tertiary/aromatic N) is 1. The molecule has 4 nitrogen and oxygen atoms in total. The summed E-state index contributed by atoms with van der Waals surface area (Å²) in [6.07, 6.45) is 4.30. The van der Waals surface area contributed by atoms with Gasteiger partial charge in [0.05, 0.1) is 18.2 Å². The molecule has 2 heterocycles. The number of amides is 1. The highest BCUT2D eigenvalue weighted by Gasteiger charge is 2.56. The minimum atomic E-state index is -0.473. The van der Waals surface area contributed by atoms with Gasteiger partial charge in [0.15, 0.2) is 0 Å². The first-order valence-electron chi connectivity index (χ1n) is 10.4. The topological polar surface area (TPSA) is 41.6 Å². The zero-order valence-corrected chi connectivity index (χ0v) is 17.2. The molecule has 2 saturated heterocycles. The molecule has 2 bridgehead atoms. The van der Waals surface area contributed by atoms with Gasteiger partial charge >= 0.3 is 0 Å². The normalized spacial score (nSPS) is 24.6. The van der Waals surface area contributed by atoms with Gasteiger partial charge in [0, 0.05) is 25.2 Å². The summed E-state index contributed by atoms with van der Waals surface area (Å²) >= 11 is 0. The maximum Gasteiger partial charge on any atom is 0.255 e. The van der Waals surface area contributed by atoms with Crippen LogP contribution in [0, 0.1) is 12.7 Å². The molecular formula is C24H29FN2O2. The molecule has 29 heavy (non-hydrogen) atoms. The maximum atomic E-state index is 14.5. The predicted octanol–water partition coefficient (Wildman–Crippen LogP) is 4.25. The van der Waals surface area contributed by atoms with Gasteiger partial charge in [0.1, 0.15) is 5.82 Å². The third-order valence-electron chi connectivity index (χ3n) is 6.76. The first-order valence-corrected chi connectivity index (χ1v) is 10.4. The average molecular weight is 397 g/mol. The lowest BCUT2D eigenvalue weighted by Crippen LogP contribution is -2.53. The number of rotatable bonds is 7. The lowest BCUT2D eigenvalue weighted by Gasteiger charge is -2.42. The number of hydrogen-bond acceptors (Lipinski definition) is 3. The van der Waals surface area contributed by atoms with E-state index < -0.39 is 5.82 Å². The van der Waals surface area contributed by atoms with Crippen molar-refractivity contribution in [2.24, 2.45) is 0 Å². The standard InChI is InChI=1S/C24H29FN2O2/c1-17-7-6-10-20(25)21(17)23(28)26-22(18-8-4-3-5-9-18)24-13-11-19(12-14-24)27(24)15-16-29-2/h3-10,19,22H,11-16H2,1-2H3,(H,26,28). The summed E-state index contributed by atoms with van der Waals surface area (Å²) in [5, 5.41) is 3.24. The fourth-order valence-corrected chi connectivity index (χ4v) is 5.41. The molecule has 2 aliphatic heterocycles. The van der Waals surface area contributed by atoms with Gasteiger partial charge in [-0.15, -0.1) is 0 Å². The molecular weight excluding hydrogens is 367 g/mol. The van der Waals surface area contributed by atoms with Gasteiger partial charge in [0.2, 0.25) is 0 Å². The van der Waals surface area contributed by atoms with E-state index in [0.717, 1.165) is 37.8 Å². The van der Waals surface area contributed by atoms with Crippen molar-refractivity contribution in [2.75, 3.05) is 20.3 Å². The van der Waals surface area contributed by atoms with Gasteiger partial charge in [-0.3, -0.25) is 9.69 Å². The lowest BCUT2D eigenvalue weighted by atomic mass is 9.78. The van der Waals surface area contributed by atoms with Crippen LogP contribution in [0.5, 0.6) is 0 Å². The predicted molar refractivity (Wildman–Crippen MR) is 111 cm³/mol. The van der Waals surface area contributed by atoms with Crippen LogP contribution >= 0.6 is 0 Å². The third-order valence-corrected chi connectivity index (χ3v) is 6.76. The summed E-state index contributed by atoms with van der Waals surface area (Å²) in [5.41, 5.74) is 1.71. The van der Waals surface area contributed by atoms with Gasteiger partial charge in [-0.05, 0) is 49.8 Å². The summed E-state index contributed by atoms with van der Waals surface area (Å²) in [6.45, 7) is 3.29. The van der Waals surface area contributed by atoms with Crippen molar-refractivity contribution >= 4 is 5.91 Å². The molecule has 0 aromatic heterocycles. The molecule has 2 aliphatic rings. The number of halogens is 1. The van der Waals surface area contributed by atoms with E-state index in [2.05, 4.69) is 22.3 Å². The maximum absolute atomic E-state index is 14.5. The van der Waals surface area contributed by atoms with E-state index in [9.17, 15) is 9.18 Å². The second-order valence-corrected chi connectivity index (χ2v) is 8.27. The molecule has 1 amide bonds. The molecule has 1 N–H and O–H groups in total. The summed E-state index contributed by atoms with van der Waals surface area (Å²) in [7, 11) is 1.72. The molecule has 154 valence electrons. The van der Waals surface area contributed by atoms with Crippen LogP contribution in [-0.2, 0) is 4.74 Å². The minimum absolute atomic E-state index is 0.140. The van der Waals surface area contributed by atoms with Gasteiger partial charge in [-0.2, -0.15) is 0 Å². The summed E-state index contributed by atoms with van der Waals surface area (Å²) in [6, 6.07) is 15.2. The fraction of sp³-hybridized carbons (Fsp3) is 0.458. The highest BCUT2D eigenvalue weighted by Crippen LogP contribution is 2.52. The molecule has 2 aromatic rings. The van der Waals surface area contributed by atoms with Gasteiger partial charge in [0.25, 0.3) is 5.91 Å². The van der Waals surface area contributed by atoms with Gasteiger partial charge in [-0.1, -0.05) is 42.5 Å². The molecule has 5 heteroatoms. The Morgan fingerprint density at radius 3 is 2.59 bits per heavy atom. The van der Waals surface area contributed by atoms with Crippen molar-refractivity contribution in [3.8, 4) is 0 Å². The summed E-state index contributed by atoms with van der Waals surface area (Å²) in [4.78, 5) is 15.8. The Morgan fingerprint density at radius 2 is 1.93 bits per heavy atom. The van der Waals surface area contributed by atoms with Crippen molar-refractivity contribution in [3.63, 3.8) is 0 Å². The van der Waals surface area contributed by atoms with Gasteiger partial charge in [-0.25, -0.2) is 4.39 Å². The third kappa shape index (κ3) is 3.58. The molecule has 2 aromatic carbocycles. The Balaban J connectivity index is 1.71. The number of carbonyl (C=O) groups excluding carboxylic acids is 1. The number of fused-ring (bicyclic) bond motifs is 2. The monoisotopic (exact) mass is 396 g/mol. The average Bonchev–Trinajstić information content (AvgIpc) is 3.26. The SMILES string of the molecule is COCCN1C2CCC1(C(NC(=O)c1c(C)cccc1F)c1ccccc1)CC2. The molecule has 1 unspecified atom stereocenters. The van der Waals surface area contributed by atoms with Crippen molar-refractivity contribution in [2.45, 2.75) is 50.2 Å². The number of carbonyl (C=O) groups is 1. The van der Waals surface area contributed by atoms with Crippen molar-refractivity contribution < 1.29 is 13.9 Å². The number of ether oxygens (including phenoxy) is 1. The zero-order valence-electron chi connectivity index (χ0n) is 17.2. The molecule has 4 rings (SSSR count). The Bertz CT molecular complexity index is 842. The van der Waals surface area contributed by atoms with E-state index in [0.29, 0.717) is 18.2 Å². The van der Waals surface area contributed by atoms with E-state index in [1.165, 1.54) is 6.07 Å². The molecule has 0 spiro atoms. The quantitative estimate of drug-likeness (QED) is 0.761. The van der Waals surface area contributed by atoms with Crippen LogP contribution < -0.4 is 5.32 Å². The minimum Gasteiger partial charge on any atom is -0.383 e. The van der Waals surface area contributed by atoms with Crippen molar-refractivity contribution in [3.05, 3.63) is 71.0 Å². The fourth-order valence-electron chi connectivity index (χ4n) is 5.41. The van der Waals surface area contributed by atoms with E-state index in [1.54, 1.807) is 26.2 Å². The smallest absolute Gasteiger partial charge is 0.255 e. The first kappa shape index (κ1) is 20.0. The Hall–Kier alpha value is -2.24. The lowest BCUT2D eigenvalue weighted by molar-refractivity contribution is 0.0636. The summed E-state index contributed by atoms with van der Waals surface area (Å²) < 4.78 is 19.8. The Morgan fingerprint density at radius 1 is 1.21 bits per heavy atom. The second kappa shape index (κ2) is 8.25. The summed E-state index contributed by atoms with van der Waals surface area (Å²) in [5.74, 6) is -0.815.